The van der Waals surface area contributed by atoms with Crippen molar-refractivity contribution in [2.75, 3.05) is 6.54 Å². The quantitative estimate of drug-likeness (QED) is 0.801. The van der Waals surface area contributed by atoms with E-state index in [4.69, 9.17) is 0 Å². The summed E-state index contributed by atoms with van der Waals surface area (Å²) in [7, 11) is 0. The summed E-state index contributed by atoms with van der Waals surface area (Å²) < 4.78 is 0. The van der Waals surface area contributed by atoms with Gasteiger partial charge in [-0.15, -0.1) is 0 Å². The molecule has 1 heterocycles. The van der Waals surface area contributed by atoms with E-state index >= 15 is 0 Å². The van der Waals surface area contributed by atoms with E-state index in [2.05, 4.69) is 43.4 Å². The molecule has 0 aliphatic carbocycles. The Labute approximate surface area is 118 Å². The lowest BCUT2D eigenvalue weighted by Gasteiger charge is -2.34. The molecule has 106 valence electrons. The van der Waals surface area contributed by atoms with Crippen LogP contribution in [0.15, 0.2) is 24.3 Å². The first kappa shape index (κ1) is 14.6. The van der Waals surface area contributed by atoms with Gasteiger partial charge in [0.15, 0.2) is 0 Å². The molecular formula is C18H29N. The van der Waals surface area contributed by atoms with Crippen molar-refractivity contribution in [3.63, 3.8) is 0 Å². The minimum Gasteiger partial charge on any atom is -0.307 e. The summed E-state index contributed by atoms with van der Waals surface area (Å²) in [6, 6.07) is 9.42. The number of hydrogen-bond donors (Lipinski definition) is 1. The first-order valence-corrected chi connectivity index (χ1v) is 8.15. The Morgan fingerprint density at radius 3 is 2.47 bits per heavy atom. The molecule has 0 aromatic heterocycles. The zero-order valence-corrected chi connectivity index (χ0v) is 12.7. The number of rotatable bonds is 5. The van der Waals surface area contributed by atoms with E-state index in [-0.39, 0.29) is 5.54 Å². The molecule has 2 rings (SSSR count). The number of benzene rings is 1. The fourth-order valence-electron chi connectivity index (χ4n) is 3.45. The summed E-state index contributed by atoms with van der Waals surface area (Å²) in [6.45, 7) is 5.73. The molecule has 0 radical (unpaired) electrons. The Morgan fingerprint density at radius 1 is 1.00 bits per heavy atom. The van der Waals surface area contributed by atoms with Crippen LogP contribution in [0.3, 0.4) is 0 Å². The fourth-order valence-corrected chi connectivity index (χ4v) is 3.45. The summed E-state index contributed by atoms with van der Waals surface area (Å²) >= 11 is 0. The summed E-state index contributed by atoms with van der Waals surface area (Å²) in [6.07, 6.45) is 10.3. The topological polar surface area (TPSA) is 12.0 Å². The Hall–Kier alpha value is -0.820. The Morgan fingerprint density at radius 2 is 1.79 bits per heavy atom. The second-order valence-corrected chi connectivity index (χ2v) is 6.02. The molecule has 1 atom stereocenters. The van der Waals surface area contributed by atoms with Crippen molar-refractivity contribution in [2.24, 2.45) is 0 Å². The zero-order valence-electron chi connectivity index (χ0n) is 12.7. The predicted molar refractivity (Wildman–Crippen MR) is 83.5 cm³/mol. The van der Waals surface area contributed by atoms with E-state index in [9.17, 15) is 0 Å². The van der Waals surface area contributed by atoms with Crippen LogP contribution in [0.2, 0.25) is 0 Å². The van der Waals surface area contributed by atoms with Crippen molar-refractivity contribution in [2.45, 2.75) is 70.8 Å². The van der Waals surface area contributed by atoms with E-state index in [1.165, 1.54) is 69.0 Å². The highest BCUT2D eigenvalue weighted by Gasteiger charge is 2.31. The second-order valence-electron chi connectivity index (χ2n) is 6.02. The van der Waals surface area contributed by atoms with E-state index in [0.717, 1.165) is 0 Å². The van der Waals surface area contributed by atoms with Crippen LogP contribution in [0.25, 0.3) is 0 Å². The third-order valence-electron chi connectivity index (χ3n) is 4.47. The molecule has 1 aliphatic heterocycles. The van der Waals surface area contributed by atoms with E-state index in [1.807, 2.05) is 0 Å². The first-order valence-electron chi connectivity index (χ1n) is 8.15. The molecular weight excluding hydrogens is 230 g/mol. The minimum atomic E-state index is 0.246. The van der Waals surface area contributed by atoms with E-state index in [0.29, 0.717) is 0 Å². The molecule has 1 saturated heterocycles. The summed E-state index contributed by atoms with van der Waals surface area (Å²) in [4.78, 5) is 0. The van der Waals surface area contributed by atoms with Crippen LogP contribution >= 0.6 is 0 Å². The van der Waals surface area contributed by atoms with Crippen LogP contribution in [-0.2, 0) is 12.0 Å². The summed E-state index contributed by atoms with van der Waals surface area (Å²) in [5.41, 5.74) is 3.23. The van der Waals surface area contributed by atoms with Crippen LogP contribution in [0, 0.1) is 0 Å². The molecule has 19 heavy (non-hydrogen) atoms. The van der Waals surface area contributed by atoms with Gasteiger partial charge in [-0.25, -0.2) is 0 Å². The molecule has 0 amide bonds. The maximum Gasteiger partial charge on any atom is 0.0434 e. The van der Waals surface area contributed by atoms with Gasteiger partial charge in [-0.05, 0) is 43.4 Å². The van der Waals surface area contributed by atoms with E-state index in [1.54, 1.807) is 0 Å². The molecule has 1 heteroatoms. The molecule has 1 aromatic carbocycles. The molecule has 1 unspecified atom stereocenters. The lowest BCUT2D eigenvalue weighted by molar-refractivity contribution is 0.297. The van der Waals surface area contributed by atoms with Crippen LogP contribution in [0.5, 0.6) is 0 Å². The molecule has 1 fully saturated rings. The Bertz CT molecular complexity index is 358. The highest BCUT2D eigenvalue weighted by atomic mass is 15.0. The third kappa shape index (κ3) is 3.60. The largest absolute Gasteiger partial charge is 0.307 e. The van der Waals surface area contributed by atoms with Crippen LogP contribution in [0.4, 0.5) is 0 Å². The standard InChI is InChI=1S/C18H29N/c1-3-8-16-9-11-17(12-10-16)18(13-4-2)14-6-5-7-15-19-18/h9-12,19H,3-8,13-15H2,1-2H3. The van der Waals surface area contributed by atoms with Crippen LogP contribution in [0.1, 0.15) is 69.9 Å². The predicted octanol–water partition coefficient (Wildman–Crippen LogP) is 4.80. The summed E-state index contributed by atoms with van der Waals surface area (Å²) in [5.74, 6) is 0. The van der Waals surface area contributed by atoms with Crippen molar-refractivity contribution >= 4 is 0 Å². The Balaban J connectivity index is 2.21. The highest BCUT2D eigenvalue weighted by Crippen LogP contribution is 2.34. The van der Waals surface area contributed by atoms with Gasteiger partial charge in [-0.3, -0.25) is 0 Å². The highest BCUT2D eigenvalue weighted by molar-refractivity contribution is 5.29. The average Bonchev–Trinajstić information content (AvgIpc) is 2.67. The zero-order chi connectivity index (χ0) is 13.6. The van der Waals surface area contributed by atoms with Gasteiger partial charge in [0.05, 0.1) is 0 Å². The molecule has 0 saturated carbocycles. The average molecular weight is 259 g/mol. The van der Waals surface area contributed by atoms with Crippen LogP contribution < -0.4 is 5.32 Å². The van der Waals surface area contributed by atoms with Crippen LogP contribution in [-0.4, -0.2) is 6.54 Å². The molecule has 0 bridgehead atoms. The maximum absolute atomic E-state index is 3.86. The fraction of sp³-hybridized carbons (Fsp3) is 0.667. The second kappa shape index (κ2) is 7.09. The lowest BCUT2D eigenvalue weighted by Crippen LogP contribution is -2.41. The molecule has 1 aliphatic rings. The van der Waals surface area contributed by atoms with Crippen molar-refractivity contribution < 1.29 is 0 Å². The van der Waals surface area contributed by atoms with Gasteiger partial charge in [0.25, 0.3) is 0 Å². The third-order valence-corrected chi connectivity index (χ3v) is 4.47. The van der Waals surface area contributed by atoms with Gasteiger partial charge in [0, 0.05) is 5.54 Å². The van der Waals surface area contributed by atoms with Crippen molar-refractivity contribution in [3.8, 4) is 0 Å². The van der Waals surface area contributed by atoms with Gasteiger partial charge >= 0.3 is 0 Å². The molecule has 1 nitrogen and oxygen atoms in total. The maximum atomic E-state index is 3.86. The van der Waals surface area contributed by atoms with Gasteiger partial charge in [-0.1, -0.05) is 63.8 Å². The number of aryl methyl sites for hydroxylation is 1. The van der Waals surface area contributed by atoms with Gasteiger partial charge in [0.1, 0.15) is 0 Å². The Kier molecular flexibility index (Phi) is 5.45. The minimum absolute atomic E-state index is 0.246. The molecule has 1 N–H and O–H groups in total. The van der Waals surface area contributed by atoms with Crippen molar-refractivity contribution in [1.82, 2.24) is 5.32 Å². The number of nitrogens with one attached hydrogen (secondary N) is 1. The summed E-state index contributed by atoms with van der Waals surface area (Å²) in [5, 5.41) is 3.86. The first-order chi connectivity index (χ1) is 9.30. The monoisotopic (exact) mass is 259 g/mol. The molecule has 0 spiro atoms. The van der Waals surface area contributed by atoms with E-state index < -0.39 is 0 Å². The van der Waals surface area contributed by atoms with Crippen molar-refractivity contribution in [3.05, 3.63) is 35.4 Å². The lowest BCUT2D eigenvalue weighted by atomic mass is 9.81. The van der Waals surface area contributed by atoms with Gasteiger partial charge in [0.2, 0.25) is 0 Å². The number of hydrogen-bond acceptors (Lipinski definition) is 1. The van der Waals surface area contributed by atoms with Gasteiger partial charge < -0.3 is 5.32 Å². The normalized spacial score (nSPS) is 24.1. The molecule has 1 aromatic rings. The smallest absolute Gasteiger partial charge is 0.0434 e. The van der Waals surface area contributed by atoms with Gasteiger partial charge in [-0.2, -0.15) is 0 Å². The van der Waals surface area contributed by atoms with Crippen molar-refractivity contribution in [1.29, 1.82) is 0 Å². The SMILES string of the molecule is CCCc1ccc(C2(CCC)CCCCCN2)cc1.